The number of hydrogen-bond donors (Lipinski definition) is 1. The smallest absolute Gasteiger partial charge is 0.275 e. The second-order valence-corrected chi connectivity index (χ2v) is 5.89. The fraction of sp³-hybridized carbons (Fsp3) is 0.267. The number of halogens is 1. The Morgan fingerprint density at radius 1 is 1.10 bits per heavy atom. The van der Waals surface area contributed by atoms with Gasteiger partial charge in [0.25, 0.3) is 5.91 Å². The number of aromatic nitrogens is 2. The van der Waals surface area contributed by atoms with Crippen LogP contribution < -0.4 is 5.32 Å². The highest BCUT2D eigenvalue weighted by Gasteiger charge is 2.13. The molecule has 0 unspecified atom stereocenters. The van der Waals surface area contributed by atoms with Crippen molar-refractivity contribution in [2.75, 3.05) is 5.32 Å². The van der Waals surface area contributed by atoms with Crippen LogP contribution in [0.4, 0.5) is 5.69 Å². The lowest BCUT2D eigenvalue weighted by atomic mass is 9.87. The normalized spacial score (nSPS) is 11.2. The molecule has 0 fully saturated rings. The first-order valence-corrected chi connectivity index (χ1v) is 6.63. The highest BCUT2D eigenvalue weighted by atomic mass is 35.5. The Morgan fingerprint density at radius 3 is 2.25 bits per heavy atom. The van der Waals surface area contributed by atoms with E-state index in [0.717, 1.165) is 5.69 Å². The summed E-state index contributed by atoms with van der Waals surface area (Å²) in [4.78, 5) is 19.7. The summed E-state index contributed by atoms with van der Waals surface area (Å²) in [5.74, 6) is -0.308. The molecule has 2 aromatic rings. The van der Waals surface area contributed by atoms with Gasteiger partial charge in [-0.3, -0.25) is 4.79 Å². The molecule has 20 heavy (non-hydrogen) atoms. The third-order valence-corrected chi connectivity index (χ3v) is 3.06. The van der Waals surface area contributed by atoms with E-state index in [1.807, 2.05) is 24.3 Å². The Hall–Kier alpha value is -1.94. The van der Waals surface area contributed by atoms with Gasteiger partial charge in [-0.05, 0) is 23.1 Å². The maximum atomic E-state index is 12.0. The van der Waals surface area contributed by atoms with E-state index in [2.05, 4.69) is 36.1 Å². The van der Waals surface area contributed by atoms with E-state index in [9.17, 15) is 4.79 Å². The average molecular weight is 290 g/mol. The zero-order valence-corrected chi connectivity index (χ0v) is 12.4. The fourth-order valence-electron chi connectivity index (χ4n) is 1.68. The Kier molecular flexibility index (Phi) is 4.04. The van der Waals surface area contributed by atoms with Crippen LogP contribution in [-0.2, 0) is 5.41 Å². The minimum Gasteiger partial charge on any atom is -0.321 e. The molecule has 4 nitrogen and oxygen atoms in total. The number of nitrogens with zero attached hydrogens (tertiary/aromatic N) is 2. The van der Waals surface area contributed by atoms with Crippen LogP contribution in [-0.4, -0.2) is 15.9 Å². The molecule has 1 aromatic heterocycles. The summed E-state index contributed by atoms with van der Waals surface area (Å²) in [6, 6.07) is 7.76. The Balaban J connectivity index is 2.10. The van der Waals surface area contributed by atoms with Gasteiger partial charge in [0.1, 0.15) is 10.8 Å². The monoisotopic (exact) mass is 289 g/mol. The van der Waals surface area contributed by atoms with Crippen LogP contribution in [0.1, 0.15) is 36.8 Å². The van der Waals surface area contributed by atoms with Crippen LogP contribution in [0.25, 0.3) is 0 Å². The lowest BCUT2D eigenvalue weighted by molar-refractivity contribution is 0.102. The molecule has 0 saturated carbocycles. The van der Waals surface area contributed by atoms with Gasteiger partial charge in [0.05, 0.1) is 12.4 Å². The number of hydrogen-bond acceptors (Lipinski definition) is 3. The van der Waals surface area contributed by atoms with Gasteiger partial charge < -0.3 is 5.32 Å². The predicted molar refractivity (Wildman–Crippen MR) is 80.1 cm³/mol. The van der Waals surface area contributed by atoms with Crippen molar-refractivity contribution < 1.29 is 4.79 Å². The molecule has 0 spiro atoms. The van der Waals surface area contributed by atoms with Crippen molar-refractivity contribution >= 4 is 23.2 Å². The lowest BCUT2D eigenvalue weighted by Gasteiger charge is -2.19. The van der Waals surface area contributed by atoms with E-state index in [-0.39, 0.29) is 22.2 Å². The van der Waals surface area contributed by atoms with Crippen molar-refractivity contribution in [3.63, 3.8) is 0 Å². The van der Waals surface area contributed by atoms with E-state index < -0.39 is 0 Å². The zero-order valence-electron chi connectivity index (χ0n) is 11.6. The number of benzene rings is 1. The van der Waals surface area contributed by atoms with Crippen molar-refractivity contribution in [3.05, 3.63) is 53.1 Å². The first-order valence-electron chi connectivity index (χ1n) is 6.26. The topological polar surface area (TPSA) is 54.9 Å². The number of nitrogens with one attached hydrogen (secondary N) is 1. The quantitative estimate of drug-likeness (QED) is 0.917. The Labute approximate surface area is 123 Å². The third kappa shape index (κ3) is 3.54. The molecule has 1 amide bonds. The number of carbonyl (C=O) groups excluding carboxylic acids is 1. The molecule has 0 radical (unpaired) electrons. The Bertz CT molecular complexity index is 601. The lowest BCUT2D eigenvalue weighted by Crippen LogP contribution is -2.15. The molecule has 0 bridgehead atoms. The number of amides is 1. The SMILES string of the molecule is CC(C)(C)c1ccc(NC(=O)c2cnc(Cl)cn2)cc1. The van der Waals surface area contributed by atoms with Crippen LogP contribution in [0.2, 0.25) is 5.15 Å². The predicted octanol–water partition coefficient (Wildman–Crippen LogP) is 3.68. The third-order valence-electron chi connectivity index (χ3n) is 2.86. The molecule has 0 saturated heterocycles. The molecule has 1 N–H and O–H groups in total. The minimum atomic E-state index is -0.308. The fourth-order valence-corrected chi connectivity index (χ4v) is 1.78. The number of anilines is 1. The van der Waals surface area contributed by atoms with E-state index in [4.69, 9.17) is 11.6 Å². The van der Waals surface area contributed by atoms with Gasteiger partial charge in [0.15, 0.2) is 0 Å². The summed E-state index contributed by atoms with van der Waals surface area (Å²) in [6.07, 6.45) is 2.69. The van der Waals surface area contributed by atoms with Crippen molar-refractivity contribution in [1.82, 2.24) is 9.97 Å². The summed E-state index contributed by atoms with van der Waals surface area (Å²) in [5.41, 5.74) is 2.25. The molecule has 2 rings (SSSR count). The van der Waals surface area contributed by atoms with E-state index >= 15 is 0 Å². The largest absolute Gasteiger partial charge is 0.321 e. The molecule has 5 heteroatoms. The van der Waals surface area contributed by atoms with Crippen LogP contribution >= 0.6 is 11.6 Å². The number of rotatable bonds is 2. The maximum absolute atomic E-state index is 12.0. The van der Waals surface area contributed by atoms with Gasteiger partial charge in [-0.25, -0.2) is 9.97 Å². The van der Waals surface area contributed by atoms with Crippen LogP contribution in [0.3, 0.4) is 0 Å². The average Bonchev–Trinajstić information content (AvgIpc) is 2.39. The van der Waals surface area contributed by atoms with Crippen LogP contribution in [0.5, 0.6) is 0 Å². The van der Waals surface area contributed by atoms with Gasteiger partial charge in [0.2, 0.25) is 0 Å². The molecule has 104 valence electrons. The minimum absolute atomic E-state index is 0.0875. The molecule has 0 atom stereocenters. The standard InChI is InChI=1S/C15H16ClN3O/c1-15(2,3)10-4-6-11(7-5-10)19-14(20)12-8-18-13(16)9-17-12/h4-9H,1-3H3,(H,19,20). The summed E-state index contributed by atoms with van der Waals surface area (Å²) >= 11 is 5.63. The molecule has 0 aliphatic rings. The maximum Gasteiger partial charge on any atom is 0.275 e. The van der Waals surface area contributed by atoms with Gasteiger partial charge in [0, 0.05) is 5.69 Å². The molecule has 0 aliphatic heterocycles. The highest BCUT2D eigenvalue weighted by molar-refractivity contribution is 6.29. The van der Waals surface area contributed by atoms with Crippen LogP contribution in [0, 0.1) is 0 Å². The summed E-state index contributed by atoms with van der Waals surface area (Å²) in [5, 5.41) is 3.03. The Morgan fingerprint density at radius 2 is 1.75 bits per heavy atom. The second-order valence-electron chi connectivity index (χ2n) is 5.51. The molecule has 1 aromatic carbocycles. The van der Waals surface area contributed by atoms with E-state index in [1.165, 1.54) is 18.0 Å². The molecule has 1 heterocycles. The van der Waals surface area contributed by atoms with Crippen molar-refractivity contribution in [2.24, 2.45) is 0 Å². The van der Waals surface area contributed by atoms with Gasteiger partial charge in [-0.2, -0.15) is 0 Å². The van der Waals surface area contributed by atoms with Gasteiger partial charge >= 0.3 is 0 Å². The highest BCUT2D eigenvalue weighted by Crippen LogP contribution is 2.23. The number of carbonyl (C=O) groups is 1. The first kappa shape index (κ1) is 14.5. The summed E-state index contributed by atoms with van der Waals surface area (Å²) in [7, 11) is 0. The van der Waals surface area contributed by atoms with Crippen molar-refractivity contribution in [1.29, 1.82) is 0 Å². The van der Waals surface area contributed by atoms with Gasteiger partial charge in [-0.15, -0.1) is 0 Å². The summed E-state index contributed by atoms with van der Waals surface area (Å²) < 4.78 is 0. The molecule has 0 aliphatic carbocycles. The zero-order chi connectivity index (χ0) is 14.8. The van der Waals surface area contributed by atoms with Gasteiger partial charge in [-0.1, -0.05) is 44.5 Å². The molecular weight excluding hydrogens is 274 g/mol. The van der Waals surface area contributed by atoms with Crippen molar-refractivity contribution in [3.8, 4) is 0 Å². The van der Waals surface area contributed by atoms with Crippen molar-refractivity contribution in [2.45, 2.75) is 26.2 Å². The second kappa shape index (κ2) is 5.59. The summed E-state index contributed by atoms with van der Waals surface area (Å²) in [6.45, 7) is 6.43. The van der Waals surface area contributed by atoms with E-state index in [0.29, 0.717) is 0 Å². The van der Waals surface area contributed by atoms with Crippen LogP contribution in [0.15, 0.2) is 36.7 Å². The first-order chi connectivity index (χ1) is 9.36. The van der Waals surface area contributed by atoms with E-state index in [1.54, 1.807) is 0 Å². The molecular formula is C15H16ClN3O.